The molecule has 1 aromatic heterocycles. The SMILES string of the molecule is Cc1cc(F)ccc1CC(N)c1cnn(C)c1. The first kappa shape index (κ1) is 11.8. The number of nitrogens with zero attached hydrogens (tertiary/aromatic N) is 2. The molecule has 0 bridgehead atoms. The van der Waals surface area contributed by atoms with Crippen molar-refractivity contribution < 1.29 is 4.39 Å². The molecule has 2 rings (SSSR count). The summed E-state index contributed by atoms with van der Waals surface area (Å²) in [6.45, 7) is 1.90. The molecule has 0 saturated heterocycles. The van der Waals surface area contributed by atoms with E-state index in [1.807, 2.05) is 20.2 Å². The van der Waals surface area contributed by atoms with Crippen molar-refractivity contribution in [1.29, 1.82) is 0 Å². The van der Waals surface area contributed by atoms with Crippen molar-refractivity contribution in [2.45, 2.75) is 19.4 Å². The fourth-order valence-corrected chi connectivity index (χ4v) is 1.87. The molecular formula is C13H16FN3. The van der Waals surface area contributed by atoms with Gasteiger partial charge in [0.15, 0.2) is 0 Å². The van der Waals surface area contributed by atoms with E-state index in [1.165, 1.54) is 12.1 Å². The second-order valence-electron chi connectivity index (χ2n) is 4.33. The Morgan fingerprint density at radius 3 is 2.82 bits per heavy atom. The summed E-state index contributed by atoms with van der Waals surface area (Å²) in [4.78, 5) is 0. The molecule has 4 heteroatoms. The van der Waals surface area contributed by atoms with Gasteiger partial charge in [0, 0.05) is 24.8 Å². The summed E-state index contributed by atoms with van der Waals surface area (Å²) >= 11 is 0. The molecule has 0 spiro atoms. The summed E-state index contributed by atoms with van der Waals surface area (Å²) in [5, 5.41) is 4.09. The van der Waals surface area contributed by atoms with E-state index in [1.54, 1.807) is 16.9 Å². The van der Waals surface area contributed by atoms with E-state index in [0.717, 1.165) is 16.7 Å². The third-order valence-electron chi connectivity index (χ3n) is 2.90. The molecule has 17 heavy (non-hydrogen) atoms. The first-order valence-electron chi connectivity index (χ1n) is 5.55. The highest BCUT2D eigenvalue weighted by Crippen LogP contribution is 2.18. The fraction of sp³-hybridized carbons (Fsp3) is 0.308. The van der Waals surface area contributed by atoms with Crippen LogP contribution in [0.1, 0.15) is 22.7 Å². The van der Waals surface area contributed by atoms with Gasteiger partial charge < -0.3 is 5.73 Å². The van der Waals surface area contributed by atoms with Gasteiger partial charge in [0.05, 0.1) is 6.20 Å². The number of aromatic nitrogens is 2. The average Bonchev–Trinajstić information content (AvgIpc) is 2.69. The number of rotatable bonds is 3. The molecule has 0 aliphatic carbocycles. The zero-order chi connectivity index (χ0) is 12.4. The Kier molecular flexibility index (Phi) is 3.24. The van der Waals surface area contributed by atoms with Gasteiger partial charge in [-0.2, -0.15) is 5.10 Å². The highest BCUT2D eigenvalue weighted by molar-refractivity contribution is 5.28. The first-order chi connectivity index (χ1) is 8.06. The minimum Gasteiger partial charge on any atom is -0.324 e. The van der Waals surface area contributed by atoms with Gasteiger partial charge in [0.1, 0.15) is 5.82 Å². The maximum atomic E-state index is 13.0. The van der Waals surface area contributed by atoms with Gasteiger partial charge in [0.25, 0.3) is 0 Å². The average molecular weight is 233 g/mol. The summed E-state index contributed by atoms with van der Waals surface area (Å²) in [5.74, 6) is -0.207. The minimum atomic E-state index is -0.207. The number of aryl methyl sites for hydroxylation is 2. The number of hydrogen-bond acceptors (Lipinski definition) is 2. The summed E-state index contributed by atoms with van der Waals surface area (Å²) in [6.07, 6.45) is 4.37. The number of halogens is 1. The lowest BCUT2D eigenvalue weighted by Gasteiger charge is -2.11. The number of nitrogens with two attached hydrogens (primary N) is 1. The van der Waals surface area contributed by atoms with Crippen molar-refractivity contribution in [3.05, 3.63) is 53.1 Å². The van der Waals surface area contributed by atoms with Crippen LogP contribution >= 0.6 is 0 Å². The van der Waals surface area contributed by atoms with Crippen LogP contribution in [0.15, 0.2) is 30.6 Å². The van der Waals surface area contributed by atoms with Gasteiger partial charge >= 0.3 is 0 Å². The molecule has 0 amide bonds. The molecule has 2 aromatic rings. The van der Waals surface area contributed by atoms with Crippen LogP contribution in [-0.2, 0) is 13.5 Å². The van der Waals surface area contributed by atoms with Crippen molar-refractivity contribution in [1.82, 2.24) is 9.78 Å². The second kappa shape index (κ2) is 4.67. The highest BCUT2D eigenvalue weighted by atomic mass is 19.1. The molecule has 0 aliphatic heterocycles. The maximum absolute atomic E-state index is 13.0. The number of hydrogen-bond donors (Lipinski definition) is 1. The Bertz CT molecular complexity index is 519. The van der Waals surface area contributed by atoms with E-state index in [-0.39, 0.29) is 11.9 Å². The Morgan fingerprint density at radius 1 is 1.47 bits per heavy atom. The monoisotopic (exact) mass is 233 g/mol. The van der Waals surface area contributed by atoms with E-state index in [4.69, 9.17) is 5.73 Å². The normalized spacial score (nSPS) is 12.7. The largest absolute Gasteiger partial charge is 0.324 e. The minimum absolute atomic E-state index is 0.104. The molecule has 0 fully saturated rings. The maximum Gasteiger partial charge on any atom is 0.123 e. The molecule has 0 aliphatic rings. The predicted octanol–water partition coefficient (Wildman–Crippen LogP) is 2.11. The van der Waals surface area contributed by atoms with Crippen LogP contribution in [0, 0.1) is 12.7 Å². The van der Waals surface area contributed by atoms with Gasteiger partial charge in [-0.05, 0) is 36.6 Å². The van der Waals surface area contributed by atoms with Gasteiger partial charge in [0.2, 0.25) is 0 Å². The molecule has 1 unspecified atom stereocenters. The summed E-state index contributed by atoms with van der Waals surface area (Å²) in [7, 11) is 1.86. The van der Waals surface area contributed by atoms with E-state index in [2.05, 4.69) is 5.10 Å². The quantitative estimate of drug-likeness (QED) is 0.882. The Labute approximate surface area is 100 Å². The molecule has 0 radical (unpaired) electrons. The van der Waals surface area contributed by atoms with Crippen molar-refractivity contribution in [3.8, 4) is 0 Å². The van der Waals surface area contributed by atoms with Crippen molar-refractivity contribution >= 4 is 0 Å². The van der Waals surface area contributed by atoms with Gasteiger partial charge in [-0.3, -0.25) is 4.68 Å². The molecular weight excluding hydrogens is 217 g/mol. The lowest BCUT2D eigenvalue weighted by atomic mass is 9.98. The van der Waals surface area contributed by atoms with Gasteiger partial charge in [-0.15, -0.1) is 0 Å². The van der Waals surface area contributed by atoms with Crippen LogP contribution < -0.4 is 5.73 Å². The Hall–Kier alpha value is -1.68. The van der Waals surface area contributed by atoms with Crippen LogP contribution in [0.5, 0.6) is 0 Å². The van der Waals surface area contributed by atoms with Gasteiger partial charge in [-0.25, -0.2) is 4.39 Å². The van der Waals surface area contributed by atoms with Crippen molar-refractivity contribution in [3.63, 3.8) is 0 Å². The van der Waals surface area contributed by atoms with Crippen LogP contribution in [0.25, 0.3) is 0 Å². The molecule has 1 aromatic carbocycles. The zero-order valence-corrected chi connectivity index (χ0v) is 10.0. The predicted molar refractivity (Wildman–Crippen MR) is 65.0 cm³/mol. The summed E-state index contributed by atoms with van der Waals surface area (Å²) in [5.41, 5.74) is 9.10. The highest BCUT2D eigenvalue weighted by Gasteiger charge is 2.10. The first-order valence-corrected chi connectivity index (χ1v) is 5.55. The van der Waals surface area contributed by atoms with E-state index in [0.29, 0.717) is 6.42 Å². The lowest BCUT2D eigenvalue weighted by molar-refractivity contribution is 0.624. The number of benzene rings is 1. The molecule has 3 nitrogen and oxygen atoms in total. The van der Waals surface area contributed by atoms with Crippen LogP contribution in [0.4, 0.5) is 4.39 Å². The third-order valence-corrected chi connectivity index (χ3v) is 2.90. The van der Waals surface area contributed by atoms with E-state index >= 15 is 0 Å². The Morgan fingerprint density at radius 2 is 2.24 bits per heavy atom. The smallest absolute Gasteiger partial charge is 0.123 e. The molecule has 0 saturated carbocycles. The fourth-order valence-electron chi connectivity index (χ4n) is 1.87. The molecule has 2 N–H and O–H groups in total. The van der Waals surface area contributed by atoms with E-state index < -0.39 is 0 Å². The van der Waals surface area contributed by atoms with Crippen LogP contribution in [0.3, 0.4) is 0 Å². The molecule has 1 heterocycles. The third kappa shape index (κ3) is 2.71. The molecule has 90 valence electrons. The standard InChI is InChI=1S/C13H16FN3/c1-9-5-12(14)4-3-10(9)6-13(15)11-7-16-17(2)8-11/h3-5,7-8,13H,6,15H2,1-2H3. The summed E-state index contributed by atoms with van der Waals surface area (Å²) in [6, 6.07) is 4.69. The van der Waals surface area contributed by atoms with Crippen LogP contribution in [-0.4, -0.2) is 9.78 Å². The topological polar surface area (TPSA) is 43.8 Å². The molecule has 1 atom stereocenters. The second-order valence-corrected chi connectivity index (χ2v) is 4.33. The van der Waals surface area contributed by atoms with E-state index in [9.17, 15) is 4.39 Å². The Balaban J connectivity index is 2.15. The lowest BCUT2D eigenvalue weighted by Crippen LogP contribution is -2.13. The summed E-state index contributed by atoms with van der Waals surface area (Å²) < 4.78 is 14.7. The van der Waals surface area contributed by atoms with Gasteiger partial charge in [-0.1, -0.05) is 6.07 Å². The zero-order valence-electron chi connectivity index (χ0n) is 10.0. The van der Waals surface area contributed by atoms with Crippen molar-refractivity contribution in [2.24, 2.45) is 12.8 Å². The van der Waals surface area contributed by atoms with Crippen LogP contribution in [0.2, 0.25) is 0 Å². The van der Waals surface area contributed by atoms with Crippen molar-refractivity contribution in [2.75, 3.05) is 0 Å².